The summed E-state index contributed by atoms with van der Waals surface area (Å²) in [6.07, 6.45) is 2.21. The van der Waals surface area contributed by atoms with Crippen LogP contribution in [0, 0.1) is 0 Å². The van der Waals surface area contributed by atoms with Crippen LogP contribution in [0.15, 0.2) is 6.07 Å². The first-order valence-electron chi connectivity index (χ1n) is 7.38. The molecule has 1 aliphatic heterocycles. The minimum absolute atomic E-state index is 0.211. The normalized spacial score (nSPS) is 29.1. The molecule has 1 aromatic heterocycles. The van der Waals surface area contributed by atoms with Crippen molar-refractivity contribution in [1.29, 1.82) is 0 Å². The lowest BCUT2D eigenvalue weighted by Gasteiger charge is -2.35. The number of anilines is 1. The fourth-order valence-corrected chi connectivity index (χ4v) is 2.84. The Bertz CT molecular complexity index is 496. The second-order valence-electron chi connectivity index (χ2n) is 5.64. The molecule has 1 aromatic rings. The fourth-order valence-electron chi connectivity index (χ4n) is 2.67. The Hall–Kier alpha value is -1.11. The highest BCUT2D eigenvalue weighted by Gasteiger charge is 2.30. The monoisotopic (exact) mass is 312 g/mol. The van der Waals surface area contributed by atoms with Crippen molar-refractivity contribution in [3.8, 4) is 5.88 Å². The number of nitrogens with one attached hydrogen (secondary N) is 1. The van der Waals surface area contributed by atoms with Crippen molar-refractivity contribution in [2.45, 2.75) is 38.0 Å². The molecule has 1 saturated heterocycles. The van der Waals surface area contributed by atoms with Crippen LogP contribution in [0.25, 0.3) is 0 Å². The van der Waals surface area contributed by atoms with E-state index in [9.17, 15) is 0 Å². The van der Waals surface area contributed by atoms with E-state index in [1.54, 1.807) is 6.07 Å². The van der Waals surface area contributed by atoms with Crippen LogP contribution in [-0.2, 0) is 4.74 Å². The Morgan fingerprint density at radius 2 is 2.24 bits per heavy atom. The van der Waals surface area contributed by atoms with Gasteiger partial charge in [0, 0.05) is 18.7 Å². The van der Waals surface area contributed by atoms with Gasteiger partial charge in [0.05, 0.1) is 19.3 Å². The van der Waals surface area contributed by atoms with E-state index >= 15 is 0 Å². The van der Waals surface area contributed by atoms with E-state index in [4.69, 9.17) is 21.1 Å². The van der Waals surface area contributed by atoms with Gasteiger partial charge in [-0.25, -0.2) is 4.98 Å². The summed E-state index contributed by atoms with van der Waals surface area (Å²) in [6, 6.07) is 2.47. The first-order valence-corrected chi connectivity index (χ1v) is 7.76. The molecule has 1 N–H and O–H groups in total. The van der Waals surface area contributed by atoms with E-state index in [2.05, 4.69) is 27.1 Å². The summed E-state index contributed by atoms with van der Waals surface area (Å²) in [4.78, 5) is 10.9. The maximum atomic E-state index is 6.12. The number of aromatic nitrogens is 2. The lowest BCUT2D eigenvalue weighted by Crippen LogP contribution is -2.46. The van der Waals surface area contributed by atoms with Crippen molar-refractivity contribution in [3.63, 3.8) is 0 Å². The Morgan fingerprint density at radius 3 is 2.95 bits per heavy atom. The minimum atomic E-state index is 0.211. The summed E-state index contributed by atoms with van der Waals surface area (Å²) in [5.74, 6) is 1.18. The third-order valence-corrected chi connectivity index (χ3v) is 4.27. The lowest BCUT2D eigenvalue weighted by atomic mass is 9.89. The van der Waals surface area contributed by atoms with E-state index in [0.29, 0.717) is 36.2 Å². The molecule has 0 bridgehead atoms. The van der Waals surface area contributed by atoms with Crippen molar-refractivity contribution in [2.24, 2.45) is 0 Å². The largest absolute Gasteiger partial charge is 0.474 e. The number of nitrogens with zero attached hydrogens (tertiary/aromatic N) is 3. The average Bonchev–Trinajstić information content (AvgIpc) is 2.42. The molecule has 7 heteroatoms. The smallest absolute Gasteiger partial charge is 0.230 e. The van der Waals surface area contributed by atoms with Crippen LogP contribution < -0.4 is 15.0 Å². The molecule has 0 aromatic carbocycles. The molecule has 6 nitrogen and oxygen atoms in total. The van der Waals surface area contributed by atoms with Gasteiger partial charge in [0.25, 0.3) is 0 Å². The molecule has 21 heavy (non-hydrogen) atoms. The maximum absolute atomic E-state index is 6.12. The molecule has 3 rings (SSSR count). The molecule has 116 valence electrons. The molecule has 1 saturated carbocycles. The molecular formula is C14H21ClN4O2. The molecule has 2 fully saturated rings. The van der Waals surface area contributed by atoms with Crippen molar-refractivity contribution < 1.29 is 9.47 Å². The molecule has 0 spiro atoms. The molecule has 1 atom stereocenters. The van der Waals surface area contributed by atoms with Crippen molar-refractivity contribution in [3.05, 3.63) is 11.2 Å². The highest BCUT2D eigenvalue weighted by molar-refractivity contribution is 6.29. The van der Waals surface area contributed by atoms with Gasteiger partial charge in [-0.05, 0) is 26.8 Å². The second-order valence-corrected chi connectivity index (χ2v) is 6.03. The predicted octanol–water partition coefficient (Wildman–Crippen LogP) is 1.48. The van der Waals surface area contributed by atoms with Gasteiger partial charge >= 0.3 is 0 Å². The van der Waals surface area contributed by atoms with Crippen molar-refractivity contribution >= 4 is 17.5 Å². The fraction of sp³-hybridized carbons (Fsp3) is 0.714. The first-order chi connectivity index (χ1) is 10.2. The Balaban J connectivity index is 1.70. The third-order valence-electron chi connectivity index (χ3n) is 4.07. The summed E-state index contributed by atoms with van der Waals surface area (Å²) in [6.45, 7) is 4.22. The quantitative estimate of drug-likeness (QED) is 0.850. The second kappa shape index (κ2) is 6.34. The highest BCUT2D eigenvalue weighted by atomic mass is 35.5. The van der Waals surface area contributed by atoms with Crippen LogP contribution in [0.2, 0.25) is 5.15 Å². The lowest BCUT2D eigenvalue weighted by molar-refractivity contribution is 0.0829. The van der Waals surface area contributed by atoms with Crippen molar-refractivity contribution in [1.82, 2.24) is 15.3 Å². The molecule has 2 heterocycles. The Morgan fingerprint density at radius 1 is 1.43 bits per heavy atom. The van der Waals surface area contributed by atoms with Crippen LogP contribution in [0.1, 0.15) is 19.8 Å². The SMILES string of the molecule is CNC1CC(Oc2cc(Cl)nc(N3CCOC[C@@H]3C)n2)C1. The summed E-state index contributed by atoms with van der Waals surface area (Å²) in [5, 5.41) is 3.65. The summed E-state index contributed by atoms with van der Waals surface area (Å²) in [5.41, 5.74) is 0. The molecular weight excluding hydrogens is 292 g/mol. The molecule has 0 radical (unpaired) electrons. The summed E-state index contributed by atoms with van der Waals surface area (Å²) >= 11 is 6.12. The predicted molar refractivity (Wildman–Crippen MR) is 81.2 cm³/mol. The van der Waals surface area contributed by atoms with Gasteiger partial charge < -0.3 is 19.7 Å². The standard InChI is InChI=1S/C14H21ClN4O2/c1-9-8-20-4-3-19(9)14-17-12(15)7-13(18-14)21-11-5-10(6-11)16-2/h7,9-11,16H,3-6,8H2,1-2H3/t9-,10?,11?/m0/s1. The van der Waals surface area contributed by atoms with E-state index in [-0.39, 0.29) is 12.1 Å². The van der Waals surface area contributed by atoms with Gasteiger partial charge in [-0.1, -0.05) is 11.6 Å². The van der Waals surface area contributed by atoms with Gasteiger partial charge in [0.15, 0.2) is 0 Å². The van der Waals surface area contributed by atoms with E-state index in [1.807, 2.05) is 7.05 Å². The summed E-state index contributed by atoms with van der Waals surface area (Å²) in [7, 11) is 1.97. The highest BCUT2D eigenvalue weighted by Crippen LogP contribution is 2.27. The molecule has 0 unspecified atom stereocenters. The average molecular weight is 313 g/mol. The molecule has 0 amide bonds. The zero-order valence-corrected chi connectivity index (χ0v) is 13.1. The molecule has 2 aliphatic rings. The minimum Gasteiger partial charge on any atom is -0.474 e. The molecule has 1 aliphatic carbocycles. The zero-order valence-electron chi connectivity index (χ0n) is 12.4. The van der Waals surface area contributed by atoms with Crippen LogP contribution in [0.4, 0.5) is 5.95 Å². The van der Waals surface area contributed by atoms with Crippen LogP contribution >= 0.6 is 11.6 Å². The Labute approximate surface area is 129 Å². The van der Waals surface area contributed by atoms with Crippen LogP contribution in [0.5, 0.6) is 5.88 Å². The summed E-state index contributed by atoms with van der Waals surface area (Å²) < 4.78 is 11.3. The van der Waals surface area contributed by atoms with E-state index < -0.39 is 0 Å². The van der Waals surface area contributed by atoms with Gasteiger partial charge in [-0.3, -0.25) is 0 Å². The van der Waals surface area contributed by atoms with Gasteiger partial charge in [-0.15, -0.1) is 0 Å². The number of halogens is 1. The van der Waals surface area contributed by atoms with E-state index in [0.717, 1.165) is 19.4 Å². The number of hydrogen-bond donors (Lipinski definition) is 1. The number of ether oxygens (including phenoxy) is 2. The zero-order chi connectivity index (χ0) is 14.8. The Kier molecular flexibility index (Phi) is 4.47. The van der Waals surface area contributed by atoms with Gasteiger partial charge in [0.2, 0.25) is 11.8 Å². The number of morpholine rings is 1. The number of rotatable bonds is 4. The maximum Gasteiger partial charge on any atom is 0.230 e. The number of hydrogen-bond acceptors (Lipinski definition) is 6. The third kappa shape index (κ3) is 3.39. The topological polar surface area (TPSA) is 59.5 Å². The van der Waals surface area contributed by atoms with Crippen LogP contribution in [-0.4, -0.2) is 55.0 Å². The van der Waals surface area contributed by atoms with Crippen LogP contribution in [0.3, 0.4) is 0 Å². The van der Waals surface area contributed by atoms with Gasteiger partial charge in [0.1, 0.15) is 11.3 Å². The van der Waals surface area contributed by atoms with E-state index in [1.165, 1.54) is 0 Å². The van der Waals surface area contributed by atoms with Gasteiger partial charge in [-0.2, -0.15) is 4.98 Å². The van der Waals surface area contributed by atoms with Crippen molar-refractivity contribution in [2.75, 3.05) is 31.7 Å². The first kappa shape index (κ1) is 14.8.